The Bertz CT molecular complexity index is 995. The Labute approximate surface area is 142 Å². The zero-order chi connectivity index (χ0) is 16.5. The number of aromatic nitrogens is 6. The molecule has 0 saturated carbocycles. The molecule has 0 spiro atoms. The second-order valence-corrected chi connectivity index (χ2v) is 5.72. The maximum Gasteiger partial charge on any atom is 0.157 e. The van der Waals surface area contributed by atoms with Gasteiger partial charge in [-0.25, -0.2) is 14.3 Å². The molecular weight excluding hydrogens is 328 g/mol. The Balaban J connectivity index is 1.74. The molecule has 120 valence electrons. The van der Waals surface area contributed by atoms with Crippen molar-refractivity contribution in [3.8, 4) is 11.5 Å². The van der Waals surface area contributed by atoms with Crippen LogP contribution in [0.1, 0.15) is 5.56 Å². The highest BCUT2D eigenvalue weighted by molar-refractivity contribution is 6.30. The summed E-state index contributed by atoms with van der Waals surface area (Å²) in [6, 6.07) is 11.2. The van der Waals surface area contributed by atoms with Gasteiger partial charge in [0.2, 0.25) is 0 Å². The number of benzene rings is 2. The van der Waals surface area contributed by atoms with Gasteiger partial charge in [-0.15, -0.1) is 5.10 Å². The van der Waals surface area contributed by atoms with Crippen LogP contribution < -0.4 is 4.74 Å². The lowest BCUT2D eigenvalue weighted by molar-refractivity contribution is 0.476. The molecule has 7 nitrogen and oxygen atoms in total. The van der Waals surface area contributed by atoms with E-state index in [1.807, 2.05) is 37.4 Å². The zero-order valence-electron chi connectivity index (χ0n) is 12.8. The quantitative estimate of drug-likeness (QED) is 0.571. The lowest BCUT2D eigenvalue weighted by Gasteiger charge is -2.12. The van der Waals surface area contributed by atoms with Gasteiger partial charge >= 0.3 is 0 Å². The third-order valence-corrected chi connectivity index (χ3v) is 3.89. The number of ether oxygens (including phenoxy) is 1. The Morgan fingerprint density at radius 3 is 2.92 bits per heavy atom. The summed E-state index contributed by atoms with van der Waals surface area (Å²) in [5.41, 5.74) is 2.53. The molecular formula is C16H13ClN6O. The van der Waals surface area contributed by atoms with Crippen molar-refractivity contribution in [3.05, 3.63) is 59.6 Å². The first-order valence-corrected chi connectivity index (χ1v) is 7.65. The smallest absolute Gasteiger partial charge is 0.157 e. The van der Waals surface area contributed by atoms with Crippen LogP contribution in [0.3, 0.4) is 0 Å². The third-order valence-electron chi connectivity index (χ3n) is 3.65. The van der Waals surface area contributed by atoms with E-state index >= 15 is 0 Å². The van der Waals surface area contributed by atoms with Crippen molar-refractivity contribution in [2.24, 2.45) is 7.05 Å². The van der Waals surface area contributed by atoms with Crippen molar-refractivity contribution in [1.29, 1.82) is 0 Å². The van der Waals surface area contributed by atoms with Gasteiger partial charge in [-0.3, -0.25) is 0 Å². The van der Waals surface area contributed by atoms with E-state index in [-0.39, 0.29) is 0 Å². The van der Waals surface area contributed by atoms with Gasteiger partial charge in [-0.2, -0.15) is 5.10 Å². The first-order chi connectivity index (χ1) is 11.7. The van der Waals surface area contributed by atoms with Gasteiger partial charge in [-0.1, -0.05) is 28.9 Å². The molecule has 24 heavy (non-hydrogen) atoms. The average molecular weight is 341 g/mol. The van der Waals surface area contributed by atoms with Crippen molar-refractivity contribution in [1.82, 2.24) is 29.8 Å². The van der Waals surface area contributed by atoms with Crippen molar-refractivity contribution >= 4 is 22.6 Å². The molecule has 0 aliphatic rings. The Hall–Kier alpha value is -2.93. The predicted octanol–water partition coefficient (Wildman–Crippen LogP) is 3.05. The van der Waals surface area contributed by atoms with E-state index in [1.165, 1.54) is 6.33 Å². The molecule has 2 aromatic heterocycles. The molecule has 0 unspecified atom stereocenters. The Morgan fingerprint density at radius 2 is 2.08 bits per heavy atom. The molecule has 0 atom stereocenters. The van der Waals surface area contributed by atoms with Crippen molar-refractivity contribution in [3.63, 3.8) is 0 Å². The molecule has 0 aliphatic heterocycles. The minimum Gasteiger partial charge on any atom is -0.455 e. The topological polar surface area (TPSA) is 70.7 Å². The Morgan fingerprint density at radius 1 is 1.17 bits per heavy atom. The van der Waals surface area contributed by atoms with Gasteiger partial charge < -0.3 is 4.74 Å². The summed E-state index contributed by atoms with van der Waals surface area (Å²) in [6.07, 6.45) is 3.15. The standard InChI is InChI=1S/C16H13ClN6O/c1-22-13-3-2-4-14(16(13)20-21-22)24-15-7-12(17)6-5-11(15)8-23-10-18-9-19-23/h2-7,9-10H,8H2,1H3. The predicted molar refractivity (Wildman–Crippen MR) is 89.2 cm³/mol. The van der Waals surface area contributed by atoms with E-state index in [0.29, 0.717) is 28.6 Å². The van der Waals surface area contributed by atoms with Crippen LogP contribution in [0.25, 0.3) is 11.0 Å². The molecule has 0 aliphatic carbocycles. The monoisotopic (exact) mass is 340 g/mol. The largest absolute Gasteiger partial charge is 0.455 e. The maximum atomic E-state index is 6.14. The molecule has 4 rings (SSSR count). The number of hydrogen-bond donors (Lipinski definition) is 0. The van der Waals surface area contributed by atoms with E-state index in [4.69, 9.17) is 16.3 Å². The molecule has 4 aromatic rings. The van der Waals surface area contributed by atoms with Gasteiger partial charge in [0.1, 0.15) is 18.4 Å². The highest BCUT2D eigenvalue weighted by Gasteiger charge is 2.12. The molecule has 2 aromatic carbocycles. The van der Waals surface area contributed by atoms with E-state index in [1.54, 1.807) is 21.8 Å². The number of fused-ring (bicyclic) bond motifs is 1. The maximum absolute atomic E-state index is 6.14. The van der Waals surface area contributed by atoms with Gasteiger partial charge in [0.05, 0.1) is 12.1 Å². The van der Waals surface area contributed by atoms with Crippen molar-refractivity contribution in [2.45, 2.75) is 6.54 Å². The summed E-state index contributed by atoms with van der Waals surface area (Å²) in [6.45, 7) is 0.531. The van der Waals surface area contributed by atoms with Crippen molar-refractivity contribution in [2.75, 3.05) is 0 Å². The van der Waals surface area contributed by atoms with Crippen LogP contribution in [0.5, 0.6) is 11.5 Å². The van der Waals surface area contributed by atoms with Crippen LogP contribution in [-0.2, 0) is 13.6 Å². The number of hydrogen-bond acceptors (Lipinski definition) is 5. The molecule has 0 fully saturated rings. The van der Waals surface area contributed by atoms with Gasteiger partial charge in [0.15, 0.2) is 11.3 Å². The molecule has 0 bridgehead atoms. The van der Waals surface area contributed by atoms with Gasteiger partial charge in [-0.05, 0) is 24.3 Å². The van der Waals surface area contributed by atoms with E-state index in [2.05, 4.69) is 20.4 Å². The lowest BCUT2D eigenvalue weighted by atomic mass is 10.2. The third kappa shape index (κ3) is 2.69. The molecule has 0 radical (unpaired) electrons. The SMILES string of the molecule is Cn1nnc2c(Oc3cc(Cl)ccc3Cn3cncn3)cccc21. The minimum atomic E-state index is 0.531. The molecule has 0 saturated heterocycles. The van der Waals surface area contributed by atoms with Crippen LogP contribution in [0.4, 0.5) is 0 Å². The number of rotatable bonds is 4. The zero-order valence-corrected chi connectivity index (χ0v) is 13.6. The summed E-state index contributed by atoms with van der Waals surface area (Å²) < 4.78 is 9.53. The van der Waals surface area contributed by atoms with Crippen molar-refractivity contribution < 1.29 is 4.74 Å². The van der Waals surface area contributed by atoms with Crippen LogP contribution in [0.15, 0.2) is 49.1 Å². The highest BCUT2D eigenvalue weighted by atomic mass is 35.5. The van der Waals surface area contributed by atoms with Crippen LogP contribution in [-0.4, -0.2) is 29.8 Å². The Kier molecular flexibility index (Phi) is 3.62. The first-order valence-electron chi connectivity index (χ1n) is 7.28. The van der Waals surface area contributed by atoms with E-state index in [9.17, 15) is 0 Å². The summed E-state index contributed by atoms with van der Waals surface area (Å²) in [7, 11) is 1.84. The first kappa shape index (κ1) is 14.6. The summed E-state index contributed by atoms with van der Waals surface area (Å²) in [5, 5.41) is 12.9. The molecule has 0 N–H and O–H groups in total. The van der Waals surface area contributed by atoms with E-state index in [0.717, 1.165) is 11.1 Å². The summed E-state index contributed by atoms with van der Waals surface area (Å²) >= 11 is 6.14. The van der Waals surface area contributed by atoms with Crippen LogP contribution >= 0.6 is 11.6 Å². The second kappa shape index (κ2) is 5.93. The van der Waals surface area contributed by atoms with Crippen LogP contribution in [0, 0.1) is 0 Å². The molecule has 8 heteroatoms. The fourth-order valence-electron chi connectivity index (χ4n) is 2.48. The van der Waals surface area contributed by atoms with Gasteiger partial charge in [0.25, 0.3) is 0 Å². The normalized spacial score (nSPS) is 11.1. The minimum absolute atomic E-state index is 0.531. The highest BCUT2D eigenvalue weighted by Crippen LogP contribution is 2.32. The average Bonchev–Trinajstić information content (AvgIpc) is 3.21. The summed E-state index contributed by atoms with van der Waals surface area (Å²) in [4.78, 5) is 3.96. The fraction of sp³-hybridized carbons (Fsp3) is 0.125. The van der Waals surface area contributed by atoms with E-state index < -0.39 is 0 Å². The number of halogens is 1. The lowest BCUT2D eigenvalue weighted by Crippen LogP contribution is -2.02. The second-order valence-electron chi connectivity index (χ2n) is 5.28. The molecule has 2 heterocycles. The number of aryl methyl sites for hydroxylation is 1. The van der Waals surface area contributed by atoms with Gasteiger partial charge in [0, 0.05) is 17.6 Å². The number of nitrogens with zero attached hydrogens (tertiary/aromatic N) is 6. The molecule has 0 amide bonds. The summed E-state index contributed by atoms with van der Waals surface area (Å²) in [5.74, 6) is 1.28. The fourth-order valence-corrected chi connectivity index (χ4v) is 2.64. The van der Waals surface area contributed by atoms with Crippen LogP contribution in [0.2, 0.25) is 5.02 Å².